The summed E-state index contributed by atoms with van der Waals surface area (Å²) in [6.45, 7) is 6.08. The Bertz CT molecular complexity index is 227. The molecule has 0 aromatic rings. The van der Waals surface area contributed by atoms with E-state index < -0.39 is 0 Å². The van der Waals surface area contributed by atoms with E-state index >= 15 is 0 Å². The first-order valence-corrected chi connectivity index (χ1v) is 9.36. The highest BCUT2D eigenvalue weighted by molar-refractivity contribution is 5.69. The Kier molecular flexibility index (Phi) is 19.9. The Labute approximate surface area is 138 Å². The van der Waals surface area contributed by atoms with Gasteiger partial charge in [-0.05, 0) is 20.3 Å². The molecule has 0 aliphatic heterocycles. The maximum absolute atomic E-state index is 11.3. The van der Waals surface area contributed by atoms with E-state index in [9.17, 15) is 4.79 Å². The average Bonchev–Trinajstić information content (AvgIpc) is 2.43. The van der Waals surface area contributed by atoms with Gasteiger partial charge in [-0.15, -0.1) is 0 Å². The van der Waals surface area contributed by atoms with Crippen molar-refractivity contribution >= 4 is 5.97 Å². The fraction of sp³-hybridized carbons (Fsp3) is 0.947. The summed E-state index contributed by atoms with van der Waals surface area (Å²) in [5, 5.41) is 0. The molecule has 0 heterocycles. The molecule has 134 valence electrons. The minimum Gasteiger partial charge on any atom is -0.463 e. The van der Waals surface area contributed by atoms with Crippen molar-refractivity contribution in [3.8, 4) is 0 Å². The topological polar surface area (TPSA) is 57.8 Å². The molecule has 3 nitrogen and oxygen atoms in total. The highest BCUT2D eigenvalue weighted by atomic mass is 16.5. The van der Waals surface area contributed by atoms with E-state index in [1.807, 2.05) is 13.8 Å². The third-order valence-electron chi connectivity index (χ3n) is 3.85. The van der Waals surface area contributed by atoms with Crippen molar-refractivity contribution in [3.63, 3.8) is 0 Å². The Morgan fingerprint density at radius 3 is 1.45 bits per heavy atom. The van der Waals surface area contributed by atoms with E-state index in [0.29, 0.717) is 6.42 Å². The third-order valence-corrected chi connectivity index (χ3v) is 3.85. The molecule has 0 rings (SSSR count). The van der Waals surface area contributed by atoms with E-state index in [-0.39, 0.29) is 17.5 Å². The first kappa shape index (κ1) is 23.7. The molecular formula is C19H40O3. The monoisotopic (exact) mass is 316 g/mol. The maximum atomic E-state index is 11.3. The first-order valence-electron chi connectivity index (χ1n) is 9.36. The molecule has 0 fully saturated rings. The number of esters is 1. The van der Waals surface area contributed by atoms with E-state index in [0.717, 1.165) is 6.42 Å². The smallest absolute Gasteiger partial charge is 0.306 e. The zero-order valence-electron chi connectivity index (χ0n) is 15.3. The summed E-state index contributed by atoms with van der Waals surface area (Å²) in [4.78, 5) is 11.3. The number of carbonyl (C=O) groups is 1. The van der Waals surface area contributed by atoms with Gasteiger partial charge in [-0.25, -0.2) is 0 Å². The fourth-order valence-electron chi connectivity index (χ4n) is 2.61. The SMILES string of the molecule is CCCCCCCCCCCCCCCC(=O)OC(C)C.O. The minimum absolute atomic E-state index is 0. The highest BCUT2D eigenvalue weighted by Crippen LogP contribution is 2.13. The molecule has 0 atom stereocenters. The van der Waals surface area contributed by atoms with Crippen LogP contribution in [0.4, 0.5) is 0 Å². The second-order valence-electron chi connectivity index (χ2n) is 6.53. The summed E-state index contributed by atoms with van der Waals surface area (Å²) in [7, 11) is 0. The van der Waals surface area contributed by atoms with Gasteiger partial charge in [0.2, 0.25) is 0 Å². The van der Waals surface area contributed by atoms with Crippen molar-refractivity contribution in [2.75, 3.05) is 0 Å². The number of unbranched alkanes of at least 4 members (excludes halogenated alkanes) is 12. The van der Waals surface area contributed by atoms with Crippen molar-refractivity contribution in [3.05, 3.63) is 0 Å². The Morgan fingerprint density at radius 2 is 1.09 bits per heavy atom. The van der Waals surface area contributed by atoms with Crippen LogP contribution in [0.15, 0.2) is 0 Å². The Balaban J connectivity index is 0. The van der Waals surface area contributed by atoms with Crippen LogP contribution < -0.4 is 0 Å². The van der Waals surface area contributed by atoms with Crippen LogP contribution in [0.2, 0.25) is 0 Å². The van der Waals surface area contributed by atoms with Gasteiger partial charge in [0.05, 0.1) is 6.10 Å². The molecule has 0 aliphatic carbocycles. The van der Waals surface area contributed by atoms with E-state index in [4.69, 9.17) is 4.74 Å². The number of carbonyl (C=O) groups excluding carboxylic acids is 1. The summed E-state index contributed by atoms with van der Waals surface area (Å²) in [6.07, 6.45) is 18.0. The summed E-state index contributed by atoms with van der Waals surface area (Å²) < 4.78 is 5.12. The molecule has 22 heavy (non-hydrogen) atoms. The fourth-order valence-corrected chi connectivity index (χ4v) is 2.61. The van der Waals surface area contributed by atoms with Gasteiger partial charge in [0.25, 0.3) is 0 Å². The molecule has 0 bridgehead atoms. The van der Waals surface area contributed by atoms with Gasteiger partial charge in [0, 0.05) is 6.42 Å². The highest BCUT2D eigenvalue weighted by Gasteiger charge is 2.04. The second-order valence-corrected chi connectivity index (χ2v) is 6.53. The van der Waals surface area contributed by atoms with Gasteiger partial charge >= 0.3 is 5.97 Å². The predicted octanol–water partition coefficient (Wildman–Crippen LogP) is 5.59. The van der Waals surface area contributed by atoms with Crippen molar-refractivity contribution < 1.29 is 15.0 Å². The number of ether oxygens (including phenoxy) is 1. The zero-order valence-corrected chi connectivity index (χ0v) is 15.3. The van der Waals surface area contributed by atoms with Gasteiger partial charge in [0.1, 0.15) is 0 Å². The predicted molar refractivity (Wildman–Crippen MR) is 95.2 cm³/mol. The molecule has 2 N–H and O–H groups in total. The molecule has 0 saturated carbocycles. The third kappa shape index (κ3) is 19.4. The van der Waals surface area contributed by atoms with Gasteiger partial charge in [0.15, 0.2) is 0 Å². The molecule has 3 heteroatoms. The number of hydrogen-bond acceptors (Lipinski definition) is 2. The summed E-state index contributed by atoms with van der Waals surface area (Å²) in [6, 6.07) is 0. The quantitative estimate of drug-likeness (QED) is 0.292. The van der Waals surface area contributed by atoms with Crippen molar-refractivity contribution in [2.24, 2.45) is 0 Å². The van der Waals surface area contributed by atoms with Gasteiger partial charge in [-0.2, -0.15) is 0 Å². The molecule has 0 amide bonds. The van der Waals surface area contributed by atoms with Crippen molar-refractivity contribution in [2.45, 2.75) is 117 Å². The van der Waals surface area contributed by atoms with Crippen molar-refractivity contribution in [1.82, 2.24) is 0 Å². The van der Waals surface area contributed by atoms with Crippen LogP contribution in [0.25, 0.3) is 0 Å². The van der Waals surface area contributed by atoms with Gasteiger partial charge in [-0.1, -0.05) is 84.0 Å². The van der Waals surface area contributed by atoms with Crippen LogP contribution in [0, 0.1) is 0 Å². The lowest BCUT2D eigenvalue weighted by molar-refractivity contribution is -0.147. The molecule has 0 aromatic heterocycles. The van der Waals surface area contributed by atoms with E-state index in [2.05, 4.69) is 6.92 Å². The van der Waals surface area contributed by atoms with Crippen LogP contribution in [-0.2, 0) is 9.53 Å². The molecule has 0 radical (unpaired) electrons. The van der Waals surface area contributed by atoms with Crippen LogP contribution in [-0.4, -0.2) is 17.5 Å². The summed E-state index contributed by atoms with van der Waals surface area (Å²) in [5.74, 6) is -0.0342. The number of hydrogen-bond donors (Lipinski definition) is 0. The first-order chi connectivity index (χ1) is 10.2. The maximum Gasteiger partial charge on any atom is 0.306 e. The molecule has 0 spiro atoms. The molecule has 0 aliphatic rings. The zero-order chi connectivity index (χ0) is 15.8. The largest absolute Gasteiger partial charge is 0.463 e. The lowest BCUT2D eigenvalue weighted by Gasteiger charge is -2.07. The van der Waals surface area contributed by atoms with Crippen LogP contribution in [0.3, 0.4) is 0 Å². The molecular weight excluding hydrogens is 276 g/mol. The normalized spacial score (nSPS) is 10.5. The van der Waals surface area contributed by atoms with Gasteiger partial charge < -0.3 is 10.2 Å². The average molecular weight is 317 g/mol. The Morgan fingerprint density at radius 1 is 0.727 bits per heavy atom. The molecule has 0 saturated heterocycles. The lowest BCUT2D eigenvalue weighted by Crippen LogP contribution is -2.10. The molecule has 0 unspecified atom stereocenters. The Hall–Kier alpha value is -0.570. The molecule has 0 aromatic carbocycles. The van der Waals surface area contributed by atoms with Crippen LogP contribution >= 0.6 is 0 Å². The lowest BCUT2D eigenvalue weighted by atomic mass is 10.0. The van der Waals surface area contributed by atoms with Crippen LogP contribution in [0.1, 0.15) is 111 Å². The minimum atomic E-state index is -0.0342. The van der Waals surface area contributed by atoms with Crippen LogP contribution in [0.5, 0.6) is 0 Å². The summed E-state index contributed by atoms with van der Waals surface area (Å²) >= 11 is 0. The second kappa shape index (κ2) is 18.5. The van der Waals surface area contributed by atoms with Crippen molar-refractivity contribution in [1.29, 1.82) is 0 Å². The van der Waals surface area contributed by atoms with Gasteiger partial charge in [-0.3, -0.25) is 4.79 Å². The van der Waals surface area contributed by atoms with E-state index in [1.54, 1.807) is 0 Å². The van der Waals surface area contributed by atoms with E-state index in [1.165, 1.54) is 77.0 Å². The standard InChI is InChI=1S/C19H38O2.H2O/c1-4-5-6-7-8-9-10-11-12-13-14-15-16-17-19(20)21-18(2)3;/h18H,4-17H2,1-3H3;1H2. The number of rotatable bonds is 15. The summed E-state index contributed by atoms with van der Waals surface area (Å²) in [5.41, 5.74) is 0.